The SMILES string of the molecule is BrCC1CCCCCN1CC1CCCCC1. The summed E-state index contributed by atoms with van der Waals surface area (Å²) >= 11 is 3.71. The Morgan fingerprint density at radius 2 is 1.56 bits per heavy atom. The van der Waals surface area contributed by atoms with E-state index in [1.807, 2.05) is 0 Å². The van der Waals surface area contributed by atoms with Crippen LogP contribution in [0.4, 0.5) is 0 Å². The van der Waals surface area contributed by atoms with Gasteiger partial charge in [-0.15, -0.1) is 0 Å². The van der Waals surface area contributed by atoms with Gasteiger partial charge in [-0.25, -0.2) is 0 Å². The van der Waals surface area contributed by atoms with E-state index in [9.17, 15) is 0 Å². The van der Waals surface area contributed by atoms with Gasteiger partial charge in [0.2, 0.25) is 0 Å². The number of likely N-dealkylation sites (tertiary alicyclic amines) is 1. The molecule has 2 aliphatic rings. The Balaban J connectivity index is 1.83. The summed E-state index contributed by atoms with van der Waals surface area (Å²) < 4.78 is 0. The second-order valence-corrected chi connectivity index (χ2v) is 6.30. The van der Waals surface area contributed by atoms with E-state index in [2.05, 4.69) is 20.8 Å². The molecule has 0 spiro atoms. The number of hydrogen-bond donors (Lipinski definition) is 0. The Hall–Kier alpha value is 0.440. The third kappa shape index (κ3) is 3.73. The van der Waals surface area contributed by atoms with Gasteiger partial charge in [0.1, 0.15) is 0 Å². The molecule has 2 heteroatoms. The largest absolute Gasteiger partial charge is 0.299 e. The van der Waals surface area contributed by atoms with E-state index in [1.54, 1.807) is 0 Å². The first-order chi connectivity index (χ1) is 7.90. The zero-order chi connectivity index (χ0) is 11.2. The van der Waals surface area contributed by atoms with Crippen LogP contribution in [0.25, 0.3) is 0 Å². The number of alkyl halides is 1. The summed E-state index contributed by atoms with van der Waals surface area (Å²) in [6.07, 6.45) is 13.2. The van der Waals surface area contributed by atoms with Crippen LogP contribution in [0.3, 0.4) is 0 Å². The van der Waals surface area contributed by atoms with Crippen molar-refractivity contribution in [3.63, 3.8) is 0 Å². The molecule has 1 unspecified atom stereocenters. The summed E-state index contributed by atoms with van der Waals surface area (Å²) in [6.45, 7) is 2.74. The summed E-state index contributed by atoms with van der Waals surface area (Å²) in [7, 11) is 0. The van der Waals surface area contributed by atoms with Gasteiger partial charge in [-0.05, 0) is 38.1 Å². The van der Waals surface area contributed by atoms with Gasteiger partial charge in [0.25, 0.3) is 0 Å². The van der Waals surface area contributed by atoms with Gasteiger partial charge in [0.15, 0.2) is 0 Å². The molecular formula is C14H26BrN. The molecule has 1 nitrogen and oxygen atoms in total. The fraction of sp³-hybridized carbons (Fsp3) is 1.00. The van der Waals surface area contributed by atoms with Crippen molar-refractivity contribution in [1.82, 2.24) is 4.90 Å². The predicted molar refractivity (Wildman–Crippen MR) is 74.2 cm³/mol. The van der Waals surface area contributed by atoms with E-state index in [4.69, 9.17) is 0 Å². The number of rotatable bonds is 3. The third-order valence-corrected chi connectivity index (χ3v) is 5.14. The van der Waals surface area contributed by atoms with Gasteiger partial charge >= 0.3 is 0 Å². The van der Waals surface area contributed by atoms with Crippen molar-refractivity contribution in [1.29, 1.82) is 0 Å². The lowest BCUT2D eigenvalue weighted by Crippen LogP contribution is -2.39. The van der Waals surface area contributed by atoms with E-state index in [1.165, 1.54) is 76.2 Å². The molecule has 0 bridgehead atoms. The highest BCUT2D eigenvalue weighted by molar-refractivity contribution is 9.09. The van der Waals surface area contributed by atoms with Crippen molar-refractivity contribution in [2.45, 2.75) is 63.8 Å². The van der Waals surface area contributed by atoms with Crippen LogP contribution in [0.1, 0.15) is 57.8 Å². The van der Waals surface area contributed by atoms with Crippen LogP contribution in [-0.2, 0) is 0 Å². The van der Waals surface area contributed by atoms with Crippen LogP contribution in [0.5, 0.6) is 0 Å². The first kappa shape index (κ1) is 12.9. The van der Waals surface area contributed by atoms with Gasteiger partial charge < -0.3 is 0 Å². The normalized spacial score (nSPS) is 30.2. The zero-order valence-electron chi connectivity index (χ0n) is 10.5. The van der Waals surface area contributed by atoms with Crippen LogP contribution < -0.4 is 0 Å². The molecule has 0 amide bonds. The summed E-state index contributed by atoms with van der Waals surface area (Å²) in [5.74, 6) is 1.01. The first-order valence-electron chi connectivity index (χ1n) is 7.20. The molecule has 0 aromatic rings. The van der Waals surface area contributed by atoms with Crippen LogP contribution in [0.15, 0.2) is 0 Å². The van der Waals surface area contributed by atoms with Crippen molar-refractivity contribution >= 4 is 15.9 Å². The number of hydrogen-bond acceptors (Lipinski definition) is 1. The van der Waals surface area contributed by atoms with Crippen molar-refractivity contribution in [2.75, 3.05) is 18.4 Å². The van der Waals surface area contributed by atoms with E-state index in [0.717, 1.165) is 12.0 Å². The van der Waals surface area contributed by atoms with E-state index in [-0.39, 0.29) is 0 Å². The molecule has 2 fully saturated rings. The Morgan fingerprint density at radius 1 is 0.875 bits per heavy atom. The van der Waals surface area contributed by atoms with Crippen LogP contribution >= 0.6 is 15.9 Å². The fourth-order valence-corrected chi connectivity index (χ4v) is 4.09. The smallest absolute Gasteiger partial charge is 0.0192 e. The molecule has 1 aliphatic heterocycles. The predicted octanol–water partition coefficient (Wildman–Crippen LogP) is 4.21. The third-order valence-electron chi connectivity index (χ3n) is 4.39. The highest BCUT2D eigenvalue weighted by atomic mass is 79.9. The van der Waals surface area contributed by atoms with Gasteiger partial charge in [-0.1, -0.05) is 48.0 Å². The number of halogens is 1. The van der Waals surface area contributed by atoms with Crippen molar-refractivity contribution in [3.05, 3.63) is 0 Å². The molecule has 1 atom stereocenters. The number of nitrogens with zero attached hydrogens (tertiary/aromatic N) is 1. The van der Waals surface area contributed by atoms with Crippen molar-refractivity contribution in [3.8, 4) is 0 Å². The van der Waals surface area contributed by atoms with Crippen molar-refractivity contribution in [2.24, 2.45) is 5.92 Å². The lowest BCUT2D eigenvalue weighted by molar-refractivity contribution is 0.163. The topological polar surface area (TPSA) is 3.24 Å². The summed E-state index contributed by atoms with van der Waals surface area (Å²) in [5, 5.41) is 1.18. The van der Waals surface area contributed by atoms with Gasteiger partial charge in [0, 0.05) is 17.9 Å². The van der Waals surface area contributed by atoms with Gasteiger partial charge in [-0.3, -0.25) is 4.90 Å². The molecule has 0 radical (unpaired) electrons. The highest BCUT2D eigenvalue weighted by Gasteiger charge is 2.23. The molecule has 94 valence electrons. The molecular weight excluding hydrogens is 262 g/mol. The van der Waals surface area contributed by atoms with Crippen LogP contribution in [0, 0.1) is 5.92 Å². The second kappa shape index (κ2) is 7.00. The second-order valence-electron chi connectivity index (χ2n) is 5.66. The minimum absolute atomic E-state index is 0.824. The quantitative estimate of drug-likeness (QED) is 0.703. The molecule has 0 aromatic carbocycles. The summed E-state index contributed by atoms with van der Waals surface area (Å²) in [5.41, 5.74) is 0. The molecule has 1 heterocycles. The lowest BCUT2D eigenvalue weighted by Gasteiger charge is -2.33. The average Bonchev–Trinajstić information content (AvgIpc) is 2.55. The molecule has 16 heavy (non-hydrogen) atoms. The molecule has 1 aliphatic carbocycles. The maximum Gasteiger partial charge on any atom is 0.0192 e. The minimum Gasteiger partial charge on any atom is -0.299 e. The minimum atomic E-state index is 0.824. The monoisotopic (exact) mass is 287 g/mol. The maximum absolute atomic E-state index is 3.71. The lowest BCUT2D eigenvalue weighted by atomic mass is 9.88. The van der Waals surface area contributed by atoms with Crippen molar-refractivity contribution < 1.29 is 0 Å². The Morgan fingerprint density at radius 3 is 2.31 bits per heavy atom. The zero-order valence-corrected chi connectivity index (χ0v) is 12.1. The molecule has 1 saturated heterocycles. The average molecular weight is 288 g/mol. The Labute approximate surface area is 109 Å². The molecule has 0 N–H and O–H groups in total. The standard InChI is InChI=1S/C14H26BrN/c15-11-14-9-5-2-6-10-16(14)12-13-7-3-1-4-8-13/h13-14H,1-12H2. The summed E-state index contributed by atoms with van der Waals surface area (Å²) in [6, 6.07) is 0.824. The highest BCUT2D eigenvalue weighted by Crippen LogP contribution is 2.27. The molecule has 2 rings (SSSR count). The first-order valence-corrected chi connectivity index (χ1v) is 8.32. The Bertz CT molecular complexity index is 189. The van der Waals surface area contributed by atoms with E-state index >= 15 is 0 Å². The molecule has 1 saturated carbocycles. The van der Waals surface area contributed by atoms with Crippen LogP contribution in [-0.4, -0.2) is 29.4 Å². The van der Waals surface area contributed by atoms with Gasteiger partial charge in [0.05, 0.1) is 0 Å². The van der Waals surface area contributed by atoms with E-state index < -0.39 is 0 Å². The van der Waals surface area contributed by atoms with Crippen LogP contribution in [0.2, 0.25) is 0 Å². The maximum atomic E-state index is 3.71. The molecule has 0 aromatic heterocycles. The summed E-state index contributed by atoms with van der Waals surface area (Å²) in [4.78, 5) is 2.79. The fourth-order valence-electron chi connectivity index (χ4n) is 3.35. The van der Waals surface area contributed by atoms with E-state index in [0.29, 0.717) is 0 Å². The Kier molecular flexibility index (Phi) is 5.64. The van der Waals surface area contributed by atoms with Gasteiger partial charge in [-0.2, -0.15) is 0 Å².